The summed E-state index contributed by atoms with van der Waals surface area (Å²) in [7, 11) is 6.03. The van der Waals surface area contributed by atoms with Crippen molar-refractivity contribution in [2.24, 2.45) is 14.1 Å². The van der Waals surface area contributed by atoms with Crippen LogP contribution in [0.2, 0.25) is 0 Å². The number of carboxylic acids is 1. The van der Waals surface area contributed by atoms with E-state index >= 15 is 0 Å². The second-order valence-corrected chi connectivity index (χ2v) is 8.24. The Hall–Kier alpha value is -3.22. The standard InChI is InChI=1S/C11H15N3O3.C10H13N3O3.CH4O2.Li.H2O/c1-7-6-8(12-13(7)2)10(15)14-5-4-9(14)11(16)17-3;1-6-5-7(11-12(6)2)9(14)13-4-3-8(13)10(15)16;1-3-2;;/h6,9H,4-5H2,1-3H3;5,8H,3-4H2,1-2H3,(H,15,16);2H,1H3;;1H2/q;;;+1;/p-1/t9-;8-;;;/m00.../s1. The topological polar surface area (TPSA) is 199 Å². The molecule has 15 nitrogen and oxygen atoms in total. The zero-order chi connectivity index (χ0) is 27.2. The number of amides is 2. The van der Waals surface area contributed by atoms with Crippen LogP contribution in [-0.2, 0) is 33.3 Å². The van der Waals surface area contributed by atoms with E-state index in [9.17, 15) is 19.2 Å². The minimum atomic E-state index is -0.952. The molecule has 3 N–H and O–H groups in total. The molecule has 2 aromatic heterocycles. The number of aryl methyl sites for hydroxylation is 4. The number of hydrogen-bond acceptors (Lipinski definition) is 10. The summed E-state index contributed by atoms with van der Waals surface area (Å²) in [6.07, 6.45) is 1.18. The van der Waals surface area contributed by atoms with Crippen molar-refractivity contribution in [1.29, 1.82) is 0 Å². The maximum absolute atomic E-state index is 12.1. The minimum absolute atomic E-state index is 0. The van der Waals surface area contributed by atoms with E-state index in [-0.39, 0.29) is 42.1 Å². The van der Waals surface area contributed by atoms with Crippen molar-refractivity contribution in [2.45, 2.75) is 38.8 Å². The van der Waals surface area contributed by atoms with E-state index in [0.29, 0.717) is 37.3 Å². The second kappa shape index (κ2) is 15.3. The quantitative estimate of drug-likeness (QED) is 0.177. The molecule has 206 valence electrons. The van der Waals surface area contributed by atoms with Gasteiger partial charge in [-0.2, -0.15) is 10.2 Å². The van der Waals surface area contributed by atoms with E-state index in [1.54, 1.807) is 35.6 Å². The fourth-order valence-electron chi connectivity index (χ4n) is 3.52. The van der Waals surface area contributed by atoms with Crippen LogP contribution in [0.15, 0.2) is 12.1 Å². The molecule has 0 radical (unpaired) electrons. The fraction of sp³-hybridized carbons (Fsp3) is 0.545. The number of likely N-dealkylation sites (tertiary alicyclic amines) is 2. The molecule has 0 bridgehead atoms. The van der Waals surface area contributed by atoms with Crippen molar-refractivity contribution in [1.82, 2.24) is 29.4 Å². The Labute approximate surface area is 231 Å². The summed E-state index contributed by atoms with van der Waals surface area (Å²) in [5, 5.41) is 24.1. The van der Waals surface area contributed by atoms with Crippen LogP contribution in [0, 0.1) is 13.8 Å². The molecule has 0 aromatic carbocycles. The monoisotopic (exact) mass is 532 g/mol. The molecule has 16 heteroatoms. The number of carbonyl (C=O) groups excluding carboxylic acids is 3. The molecule has 2 fully saturated rings. The average molecular weight is 532 g/mol. The third kappa shape index (κ3) is 7.89. The van der Waals surface area contributed by atoms with E-state index in [0.717, 1.165) is 11.4 Å². The number of rotatable bonds is 4. The molecule has 0 aliphatic carbocycles. The predicted molar refractivity (Wildman–Crippen MR) is 126 cm³/mol. The van der Waals surface area contributed by atoms with Crippen LogP contribution in [0.3, 0.4) is 0 Å². The number of hydrogen-bond donors (Lipinski definition) is 2. The SMILES string of the molecule is COC(=O)[C@@H]1CCN1C(=O)c1cc(C)n(C)n1.COO.Cc1cc(C(=O)N2CC[C@H]2C(=O)O)nn1C.[Li+].[OH-]. The first kappa shape index (κ1) is 34.8. The van der Waals surface area contributed by atoms with Gasteiger partial charge in [-0.25, -0.2) is 14.5 Å². The van der Waals surface area contributed by atoms with Crippen molar-refractivity contribution in [3.05, 3.63) is 34.9 Å². The molecule has 2 aromatic rings. The number of aliphatic carboxylic acids is 1. The summed E-state index contributed by atoms with van der Waals surface area (Å²) < 4.78 is 7.88. The van der Waals surface area contributed by atoms with E-state index < -0.39 is 18.1 Å². The Bertz CT molecular complexity index is 1080. The number of carboxylic acid groups (broad SMARTS) is 1. The van der Waals surface area contributed by atoms with E-state index in [2.05, 4.69) is 19.8 Å². The summed E-state index contributed by atoms with van der Waals surface area (Å²) in [5.41, 5.74) is 2.46. The number of ether oxygens (including phenoxy) is 1. The molecule has 4 heterocycles. The Kier molecular flexibility index (Phi) is 14.0. The molecule has 38 heavy (non-hydrogen) atoms. The largest absolute Gasteiger partial charge is 1.00 e. The molecular weight excluding hydrogens is 499 g/mol. The number of nitrogens with zero attached hydrogens (tertiary/aromatic N) is 6. The Morgan fingerprint density at radius 1 is 0.868 bits per heavy atom. The van der Waals surface area contributed by atoms with Gasteiger partial charge in [0.15, 0.2) is 11.4 Å². The van der Waals surface area contributed by atoms with Gasteiger partial charge in [0, 0.05) is 38.6 Å². The van der Waals surface area contributed by atoms with Crippen molar-refractivity contribution in [3.8, 4) is 0 Å². The molecular formula is C22H33LiN6O9. The van der Waals surface area contributed by atoms with E-state index in [1.807, 2.05) is 13.8 Å². The van der Waals surface area contributed by atoms with Gasteiger partial charge in [0.2, 0.25) is 0 Å². The van der Waals surface area contributed by atoms with Gasteiger partial charge >= 0.3 is 30.8 Å². The van der Waals surface area contributed by atoms with Gasteiger partial charge in [0.05, 0.1) is 14.2 Å². The zero-order valence-electron chi connectivity index (χ0n) is 22.6. The smallest absolute Gasteiger partial charge is 0.870 e. The Morgan fingerprint density at radius 2 is 1.24 bits per heavy atom. The van der Waals surface area contributed by atoms with Gasteiger partial charge in [-0.15, -0.1) is 0 Å². The number of aromatic nitrogens is 4. The summed E-state index contributed by atoms with van der Waals surface area (Å²) >= 11 is 0. The average Bonchev–Trinajstić information content (AvgIpc) is 3.28. The molecule has 4 rings (SSSR count). The Balaban J connectivity index is 0.000000624. The first-order valence-corrected chi connectivity index (χ1v) is 11.1. The van der Waals surface area contributed by atoms with Crippen LogP contribution in [0.25, 0.3) is 0 Å². The van der Waals surface area contributed by atoms with Gasteiger partial charge in [0.25, 0.3) is 11.8 Å². The normalized spacial score (nSPS) is 17.0. The van der Waals surface area contributed by atoms with Gasteiger partial charge in [-0.3, -0.25) is 24.2 Å². The van der Waals surface area contributed by atoms with Crippen molar-refractivity contribution < 1.29 is 63.5 Å². The van der Waals surface area contributed by atoms with Crippen LogP contribution in [0.5, 0.6) is 0 Å². The third-order valence-electron chi connectivity index (χ3n) is 5.99. The fourth-order valence-corrected chi connectivity index (χ4v) is 3.52. The van der Waals surface area contributed by atoms with Gasteiger partial charge in [-0.1, -0.05) is 0 Å². The first-order chi connectivity index (χ1) is 17.0. The molecule has 2 saturated heterocycles. The number of carbonyl (C=O) groups is 4. The number of methoxy groups -OCH3 is 1. The van der Waals surface area contributed by atoms with Crippen LogP contribution in [0.1, 0.15) is 45.2 Å². The zero-order valence-corrected chi connectivity index (χ0v) is 22.6. The van der Waals surface area contributed by atoms with Crippen molar-refractivity contribution >= 4 is 23.8 Å². The van der Waals surface area contributed by atoms with Crippen LogP contribution >= 0.6 is 0 Å². The molecule has 0 saturated carbocycles. The van der Waals surface area contributed by atoms with Crippen LogP contribution in [-0.4, -0.2) is 108 Å². The predicted octanol–water partition coefficient (Wildman–Crippen LogP) is -2.92. The molecule has 0 unspecified atom stereocenters. The second-order valence-electron chi connectivity index (χ2n) is 8.24. The van der Waals surface area contributed by atoms with Crippen molar-refractivity contribution in [3.63, 3.8) is 0 Å². The van der Waals surface area contributed by atoms with Crippen LogP contribution in [0.4, 0.5) is 0 Å². The van der Waals surface area contributed by atoms with E-state index in [1.165, 1.54) is 24.0 Å². The summed E-state index contributed by atoms with van der Waals surface area (Å²) in [5.74, 6) is -1.83. The number of esters is 1. The Morgan fingerprint density at radius 3 is 1.47 bits per heavy atom. The van der Waals surface area contributed by atoms with Gasteiger partial charge < -0.3 is 25.1 Å². The first-order valence-electron chi connectivity index (χ1n) is 11.1. The maximum atomic E-state index is 12.1. The van der Waals surface area contributed by atoms with Crippen LogP contribution < -0.4 is 18.9 Å². The maximum Gasteiger partial charge on any atom is 1.00 e. The molecule has 2 aliphatic heterocycles. The molecule has 2 amide bonds. The molecule has 2 aliphatic rings. The molecule has 0 spiro atoms. The summed E-state index contributed by atoms with van der Waals surface area (Å²) in [6, 6.07) is 2.25. The summed E-state index contributed by atoms with van der Waals surface area (Å²) in [4.78, 5) is 52.2. The minimum Gasteiger partial charge on any atom is -0.870 e. The van der Waals surface area contributed by atoms with Gasteiger partial charge in [0.1, 0.15) is 12.1 Å². The van der Waals surface area contributed by atoms with E-state index in [4.69, 9.17) is 10.4 Å². The third-order valence-corrected chi connectivity index (χ3v) is 5.99. The van der Waals surface area contributed by atoms with Crippen molar-refractivity contribution in [2.75, 3.05) is 27.3 Å². The van der Waals surface area contributed by atoms with Gasteiger partial charge in [-0.05, 0) is 38.8 Å². The summed E-state index contributed by atoms with van der Waals surface area (Å²) in [6.45, 7) is 4.78. The molecule has 2 atom stereocenters.